The minimum absolute atomic E-state index is 0.592. The van der Waals surface area contributed by atoms with Gasteiger partial charge in [0.2, 0.25) is 0 Å². The summed E-state index contributed by atoms with van der Waals surface area (Å²) in [6.45, 7) is 4.92. The molecular formula is C34H34S2. The number of allylic oxidation sites excluding steroid dienone is 4. The topological polar surface area (TPSA) is 0 Å². The highest BCUT2D eigenvalue weighted by atomic mass is 32.2. The Morgan fingerprint density at radius 1 is 0.667 bits per heavy atom. The summed E-state index contributed by atoms with van der Waals surface area (Å²) in [4.78, 5) is 3.32. The molecule has 0 bridgehead atoms. The lowest BCUT2D eigenvalue weighted by molar-refractivity contribution is 0.581. The molecule has 0 amide bonds. The maximum atomic E-state index is 2.56. The summed E-state index contributed by atoms with van der Waals surface area (Å²) in [6, 6.07) is 27.0. The maximum absolute atomic E-state index is 2.56. The molecule has 6 unspecified atom stereocenters. The number of thioether (sulfide) groups is 2. The van der Waals surface area contributed by atoms with E-state index in [-0.39, 0.29) is 0 Å². The van der Waals surface area contributed by atoms with Gasteiger partial charge < -0.3 is 0 Å². The number of rotatable bonds is 6. The van der Waals surface area contributed by atoms with E-state index in [1.165, 1.54) is 36.8 Å². The Hall–Kier alpha value is -2.16. The standard InChI is InChI=1S/C34H34S2/c1-21-25-15-17-27-31(33(25)35-29(21)19-13-23-9-5-3-6-10-23)28-18-16-26-22(2)30(36-34(26)32(27)28)20-14-24-11-7-4-8-12-24/h3-12,15-18,21-22,27,29-31H,13-14,19-20H2,1-2H3. The van der Waals surface area contributed by atoms with E-state index in [0.29, 0.717) is 34.2 Å². The minimum Gasteiger partial charge on any atom is -0.126 e. The lowest BCUT2D eigenvalue weighted by Crippen LogP contribution is -2.27. The first kappa shape index (κ1) is 23.0. The molecule has 0 aromatic heterocycles. The van der Waals surface area contributed by atoms with Crippen molar-refractivity contribution in [2.24, 2.45) is 5.92 Å². The summed E-state index contributed by atoms with van der Waals surface area (Å²) >= 11 is 4.40. The van der Waals surface area contributed by atoms with Crippen molar-refractivity contribution < 1.29 is 0 Å². The number of aryl methyl sites for hydroxylation is 2. The van der Waals surface area contributed by atoms with Gasteiger partial charge >= 0.3 is 0 Å². The van der Waals surface area contributed by atoms with E-state index < -0.39 is 0 Å². The first-order valence-corrected chi connectivity index (χ1v) is 15.4. The van der Waals surface area contributed by atoms with E-state index >= 15 is 0 Å². The van der Waals surface area contributed by atoms with Crippen molar-refractivity contribution in [1.82, 2.24) is 0 Å². The van der Waals surface area contributed by atoms with Crippen LogP contribution in [-0.2, 0) is 12.8 Å². The Balaban J connectivity index is 1.09. The zero-order valence-corrected chi connectivity index (χ0v) is 22.8. The molecule has 2 heteroatoms. The molecule has 6 atom stereocenters. The molecule has 36 heavy (non-hydrogen) atoms. The smallest absolute Gasteiger partial charge is 0.0259 e. The number of benzene rings is 3. The van der Waals surface area contributed by atoms with Crippen molar-refractivity contribution in [3.8, 4) is 0 Å². The molecule has 2 heterocycles. The van der Waals surface area contributed by atoms with Gasteiger partial charge in [0.15, 0.2) is 0 Å². The number of fused-ring (bicyclic) bond motifs is 7. The predicted octanol–water partition coefficient (Wildman–Crippen LogP) is 9.29. The van der Waals surface area contributed by atoms with Gasteiger partial charge in [0, 0.05) is 27.2 Å². The highest BCUT2D eigenvalue weighted by Gasteiger charge is 2.49. The average molecular weight is 507 g/mol. The Morgan fingerprint density at radius 2 is 1.28 bits per heavy atom. The van der Waals surface area contributed by atoms with Gasteiger partial charge in [-0.25, -0.2) is 0 Å². The minimum atomic E-state index is 0.592. The summed E-state index contributed by atoms with van der Waals surface area (Å²) in [5.74, 6) is 2.50. The average Bonchev–Trinajstić information content (AvgIpc) is 3.39. The summed E-state index contributed by atoms with van der Waals surface area (Å²) in [5.41, 5.74) is 9.48. The van der Waals surface area contributed by atoms with Crippen LogP contribution in [0.5, 0.6) is 0 Å². The molecule has 7 rings (SSSR count). The fourth-order valence-corrected chi connectivity index (χ4v) is 10.3. The Labute approximate surface area is 224 Å². The molecule has 4 aliphatic rings. The molecule has 2 aliphatic heterocycles. The summed E-state index contributed by atoms with van der Waals surface area (Å²) in [7, 11) is 0. The van der Waals surface area contributed by atoms with Gasteiger partial charge in [-0.3, -0.25) is 0 Å². The Morgan fingerprint density at radius 3 is 1.94 bits per heavy atom. The van der Waals surface area contributed by atoms with Gasteiger partial charge in [-0.05, 0) is 75.8 Å². The highest BCUT2D eigenvalue weighted by molar-refractivity contribution is 8.04. The SMILES string of the molecule is CC1C2=C(SC1CCc1ccccc1)C1c3ccc4c(c3C1C=C2)SC(CCc1ccccc1)C4C. The zero-order valence-electron chi connectivity index (χ0n) is 21.2. The van der Waals surface area contributed by atoms with Crippen LogP contribution >= 0.6 is 23.5 Å². The lowest BCUT2D eigenvalue weighted by Gasteiger charge is -2.42. The third-order valence-electron chi connectivity index (χ3n) is 9.10. The fraction of sp³-hybridized carbons (Fsp3) is 0.353. The Bertz CT molecular complexity index is 1340. The highest BCUT2D eigenvalue weighted by Crippen LogP contribution is 2.66. The number of hydrogen-bond acceptors (Lipinski definition) is 2. The van der Waals surface area contributed by atoms with Crippen LogP contribution in [0.25, 0.3) is 0 Å². The molecular weight excluding hydrogens is 473 g/mol. The van der Waals surface area contributed by atoms with E-state index in [2.05, 4.69) is 122 Å². The van der Waals surface area contributed by atoms with E-state index in [0.717, 1.165) is 0 Å². The molecule has 0 spiro atoms. The summed E-state index contributed by atoms with van der Waals surface area (Å²) in [6.07, 6.45) is 9.96. The third kappa shape index (κ3) is 3.75. The molecule has 2 aliphatic carbocycles. The predicted molar refractivity (Wildman–Crippen MR) is 156 cm³/mol. The largest absolute Gasteiger partial charge is 0.126 e. The second kappa shape index (κ2) is 9.30. The van der Waals surface area contributed by atoms with Crippen LogP contribution in [0.3, 0.4) is 0 Å². The molecule has 182 valence electrons. The van der Waals surface area contributed by atoms with Crippen LogP contribution in [-0.4, -0.2) is 10.5 Å². The van der Waals surface area contributed by atoms with Crippen LogP contribution in [0.4, 0.5) is 0 Å². The van der Waals surface area contributed by atoms with Gasteiger partial charge in [-0.2, -0.15) is 0 Å². The molecule has 3 aromatic carbocycles. The second-order valence-electron chi connectivity index (χ2n) is 11.1. The van der Waals surface area contributed by atoms with E-state index in [4.69, 9.17) is 0 Å². The van der Waals surface area contributed by atoms with Crippen molar-refractivity contribution >= 4 is 23.5 Å². The molecule has 0 saturated carbocycles. The molecule has 0 radical (unpaired) electrons. The van der Waals surface area contributed by atoms with Crippen LogP contribution in [0.1, 0.15) is 72.3 Å². The molecule has 0 nitrogen and oxygen atoms in total. The van der Waals surface area contributed by atoms with E-state index in [1.54, 1.807) is 32.1 Å². The first-order chi connectivity index (χ1) is 17.7. The van der Waals surface area contributed by atoms with Crippen molar-refractivity contribution in [3.05, 3.63) is 123 Å². The molecule has 0 saturated heterocycles. The van der Waals surface area contributed by atoms with Gasteiger partial charge in [-0.1, -0.05) is 98.8 Å². The second-order valence-corrected chi connectivity index (χ2v) is 13.6. The van der Waals surface area contributed by atoms with Gasteiger partial charge in [0.25, 0.3) is 0 Å². The van der Waals surface area contributed by atoms with E-state index in [1.807, 2.05) is 0 Å². The maximum Gasteiger partial charge on any atom is 0.0259 e. The van der Waals surface area contributed by atoms with Crippen LogP contribution < -0.4 is 0 Å². The van der Waals surface area contributed by atoms with Crippen LogP contribution in [0.15, 0.2) is 100 Å². The lowest BCUT2D eigenvalue weighted by atomic mass is 9.63. The molecule has 0 fully saturated rings. The third-order valence-corrected chi connectivity index (χ3v) is 12.4. The fourth-order valence-electron chi connectivity index (χ4n) is 6.94. The quantitative estimate of drug-likeness (QED) is 0.327. The normalized spacial score (nSPS) is 29.4. The summed E-state index contributed by atoms with van der Waals surface area (Å²) in [5, 5.41) is 1.39. The van der Waals surface area contributed by atoms with E-state index in [9.17, 15) is 0 Å². The van der Waals surface area contributed by atoms with Crippen molar-refractivity contribution in [3.63, 3.8) is 0 Å². The van der Waals surface area contributed by atoms with Gasteiger partial charge in [-0.15, -0.1) is 23.5 Å². The van der Waals surface area contributed by atoms with Crippen molar-refractivity contribution in [2.75, 3.05) is 0 Å². The molecule has 3 aromatic rings. The number of hydrogen-bond donors (Lipinski definition) is 0. The van der Waals surface area contributed by atoms with Crippen LogP contribution in [0, 0.1) is 5.92 Å². The van der Waals surface area contributed by atoms with Crippen molar-refractivity contribution in [2.45, 2.75) is 72.7 Å². The Kier molecular flexibility index (Phi) is 5.94. The van der Waals surface area contributed by atoms with Crippen LogP contribution in [0.2, 0.25) is 0 Å². The zero-order chi connectivity index (χ0) is 24.2. The van der Waals surface area contributed by atoms with Gasteiger partial charge in [0.05, 0.1) is 0 Å². The molecule has 0 N–H and O–H groups in total. The monoisotopic (exact) mass is 506 g/mol. The van der Waals surface area contributed by atoms with Gasteiger partial charge in [0.1, 0.15) is 0 Å². The first-order valence-electron chi connectivity index (χ1n) is 13.7. The summed E-state index contributed by atoms with van der Waals surface area (Å²) < 4.78 is 0. The van der Waals surface area contributed by atoms with Crippen molar-refractivity contribution in [1.29, 1.82) is 0 Å².